The standard InChI is InChI=1S/C19H17IN2O3S/c1-11-5-4-6-13(17(11)20)18(23)22-19-21-14(10-26-19)12-7-8-15(24-2)16(9-12)25-3/h4-10H,1-3H3,(H,21,22,23). The molecule has 134 valence electrons. The molecule has 5 nitrogen and oxygen atoms in total. The van der Waals surface area contributed by atoms with Crippen molar-refractivity contribution >= 4 is 45.0 Å². The van der Waals surface area contributed by atoms with E-state index in [2.05, 4.69) is 32.9 Å². The topological polar surface area (TPSA) is 60.5 Å². The lowest BCUT2D eigenvalue weighted by atomic mass is 10.1. The van der Waals surface area contributed by atoms with E-state index in [0.29, 0.717) is 22.2 Å². The van der Waals surface area contributed by atoms with E-state index in [0.717, 1.165) is 20.4 Å². The molecule has 3 aromatic rings. The number of nitrogens with one attached hydrogen (secondary N) is 1. The van der Waals surface area contributed by atoms with E-state index in [-0.39, 0.29) is 5.91 Å². The van der Waals surface area contributed by atoms with Gasteiger partial charge >= 0.3 is 0 Å². The second-order valence-corrected chi connectivity index (χ2v) is 7.44. The number of thiazole rings is 1. The number of carbonyl (C=O) groups excluding carboxylic acids is 1. The van der Waals surface area contributed by atoms with Gasteiger partial charge in [0.1, 0.15) is 0 Å². The smallest absolute Gasteiger partial charge is 0.258 e. The van der Waals surface area contributed by atoms with Crippen LogP contribution in [0, 0.1) is 10.5 Å². The Kier molecular flexibility index (Phi) is 5.77. The van der Waals surface area contributed by atoms with Crippen LogP contribution in [-0.4, -0.2) is 25.1 Å². The first-order chi connectivity index (χ1) is 12.5. The Morgan fingerprint density at radius 2 is 1.92 bits per heavy atom. The molecule has 0 saturated heterocycles. The third-order valence-electron chi connectivity index (χ3n) is 3.84. The number of rotatable bonds is 5. The van der Waals surface area contributed by atoms with Crippen LogP contribution in [0.15, 0.2) is 41.8 Å². The molecule has 1 aromatic heterocycles. The van der Waals surface area contributed by atoms with Gasteiger partial charge in [0, 0.05) is 14.5 Å². The second kappa shape index (κ2) is 8.05. The number of nitrogens with zero attached hydrogens (tertiary/aromatic N) is 1. The number of ether oxygens (including phenoxy) is 2. The highest BCUT2D eigenvalue weighted by molar-refractivity contribution is 14.1. The average Bonchev–Trinajstić information content (AvgIpc) is 3.11. The molecular weight excluding hydrogens is 463 g/mol. The number of hydrogen-bond acceptors (Lipinski definition) is 5. The fraction of sp³-hybridized carbons (Fsp3) is 0.158. The molecule has 0 saturated carbocycles. The van der Waals surface area contributed by atoms with Crippen LogP contribution in [0.2, 0.25) is 0 Å². The van der Waals surface area contributed by atoms with Crippen LogP contribution in [0.25, 0.3) is 11.3 Å². The van der Waals surface area contributed by atoms with Gasteiger partial charge in [-0.15, -0.1) is 11.3 Å². The van der Waals surface area contributed by atoms with E-state index in [4.69, 9.17) is 9.47 Å². The Balaban J connectivity index is 1.82. The zero-order valence-electron chi connectivity index (χ0n) is 14.5. The predicted molar refractivity (Wildman–Crippen MR) is 113 cm³/mol. The van der Waals surface area contributed by atoms with Crippen LogP contribution in [0.5, 0.6) is 11.5 Å². The normalized spacial score (nSPS) is 10.5. The summed E-state index contributed by atoms with van der Waals surface area (Å²) >= 11 is 3.57. The summed E-state index contributed by atoms with van der Waals surface area (Å²) in [7, 11) is 3.19. The van der Waals surface area contributed by atoms with Crippen LogP contribution >= 0.6 is 33.9 Å². The third-order valence-corrected chi connectivity index (χ3v) is 6.03. The molecule has 0 spiro atoms. The van der Waals surface area contributed by atoms with Gasteiger partial charge in [0.05, 0.1) is 25.5 Å². The molecule has 2 aromatic carbocycles. The quantitative estimate of drug-likeness (QED) is 0.523. The first-order valence-corrected chi connectivity index (χ1v) is 9.73. The highest BCUT2D eigenvalue weighted by Crippen LogP contribution is 2.33. The number of carbonyl (C=O) groups is 1. The van der Waals surface area contributed by atoms with E-state index < -0.39 is 0 Å². The number of halogens is 1. The van der Waals surface area contributed by atoms with Crippen molar-refractivity contribution in [3.8, 4) is 22.8 Å². The van der Waals surface area contributed by atoms with Gasteiger partial charge in [-0.2, -0.15) is 0 Å². The zero-order valence-corrected chi connectivity index (χ0v) is 17.5. The minimum absolute atomic E-state index is 0.161. The van der Waals surface area contributed by atoms with Gasteiger partial charge in [0.15, 0.2) is 16.6 Å². The Hall–Kier alpha value is -2.13. The molecule has 0 fully saturated rings. The van der Waals surface area contributed by atoms with Crippen LogP contribution < -0.4 is 14.8 Å². The summed E-state index contributed by atoms with van der Waals surface area (Å²) in [6.45, 7) is 1.98. The van der Waals surface area contributed by atoms with E-state index in [1.54, 1.807) is 14.2 Å². The Morgan fingerprint density at radius 3 is 2.65 bits per heavy atom. The van der Waals surface area contributed by atoms with Gasteiger partial charge in [0.2, 0.25) is 0 Å². The monoisotopic (exact) mass is 480 g/mol. The van der Waals surface area contributed by atoms with Gasteiger partial charge in [-0.05, 0) is 59.3 Å². The van der Waals surface area contributed by atoms with E-state index >= 15 is 0 Å². The maximum atomic E-state index is 12.5. The summed E-state index contributed by atoms with van der Waals surface area (Å²) in [5, 5.41) is 5.33. The van der Waals surface area contributed by atoms with E-state index in [1.165, 1.54) is 11.3 Å². The van der Waals surface area contributed by atoms with E-state index in [1.807, 2.05) is 48.7 Å². The first-order valence-electron chi connectivity index (χ1n) is 7.78. The lowest BCUT2D eigenvalue weighted by Crippen LogP contribution is -2.13. The highest BCUT2D eigenvalue weighted by atomic mass is 127. The number of hydrogen-bond donors (Lipinski definition) is 1. The largest absolute Gasteiger partial charge is 0.493 e. The van der Waals surface area contributed by atoms with Gasteiger partial charge in [0.25, 0.3) is 5.91 Å². The molecule has 3 rings (SSSR count). The molecule has 0 atom stereocenters. The summed E-state index contributed by atoms with van der Waals surface area (Å²) in [4.78, 5) is 17.0. The molecule has 1 heterocycles. The van der Waals surface area contributed by atoms with Crippen LogP contribution in [0.3, 0.4) is 0 Å². The fourth-order valence-electron chi connectivity index (χ4n) is 2.45. The van der Waals surface area contributed by atoms with Crippen LogP contribution in [0.1, 0.15) is 15.9 Å². The number of amides is 1. The summed E-state index contributed by atoms with van der Waals surface area (Å²) < 4.78 is 11.5. The predicted octanol–water partition coefficient (Wildman–Crippen LogP) is 4.99. The minimum Gasteiger partial charge on any atom is -0.493 e. The van der Waals surface area contributed by atoms with Gasteiger partial charge in [-0.1, -0.05) is 12.1 Å². The Labute approximate surface area is 169 Å². The molecule has 1 N–H and O–H groups in total. The molecule has 1 amide bonds. The van der Waals surface area contributed by atoms with Gasteiger partial charge < -0.3 is 9.47 Å². The zero-order chi connectivity index (χ0) is 18.7. The fourth-order valence-corrected chi connectivity index (χ4v) is 3.77. The lowest BCUT2D eigenvalue weighted by Gasteiger charge is -2.08. The molecular formula is C19H17IN2O3S. The molecule has 0 bridgehead atoms. The molecule has 0 aliphatic carbocycles. The Morgan fingerprint density at radius 1 is 1.15 bits per heavy atom. The van der Waals surface area contributed by atoms with Crippen molar-refractivity contribution in [1.82, 2.24) is 4.98 Å². The minimum atomic E-state index is -0.161. The summed E-state index contributed by atoms with van der Waals surface area (Å²) in [6, 6.07) is 11.3. The Bertz CT molecular complexity index is 956. The van der Waals surface area contributed by atoms with Gasteiger partial charge in [-0.25, -0.2) is 4.98 Å². The summed E-state index contributed by atoms with van der Waals surface area (Å²) in [6.07, 6.45) is 0. The van der Waals surface area contributed by atoms with Crippen molar-refractivity contribution in [2.75, 3.05) is 19.5 Å². The molecule has 0 aliphatic heterocycles. The maximum Gasteiger partial charge on any atom is 0.258 e. The molecule has 0 aliphatic rings. The molecule has 26 heavy (non-hydrogen) atoms. The van der Waals surface area contributed by atoms with Crippen LogP contribution in [0.4, 0.5) is 5.13 Å². The first kappa shape index (κ1) is 18.7. The van der Waals surface area contributed by atoms with Crippen molar-refractivity contribution in [2.45, 2.75) is 6.92 Å². The average molecular weight is 480 g/mol. The number of aryl methyl sites for hydroxylation is 1. The second-order valence-electron chi connectivity index (χ2n) is 5.50. The number of methoxy groups -OCH3 is 2. The maximum absolute atomic E-state index is 12.5. The number of benzene rings is 2. The van der Waals surface area contributed by atoms with E-state index in [9.17, 15) is 4.79 Å². The molecule has 0 radical (unpaired) electrons. The number of aromatic nitrogens is 1. The number of anilines is 1. The van der Waals surface area contributed by atoms with Crippen molar-refractivity contribution in [1.29, 1.82) is 0 Å². The highest BCUT2D eigenvalue weighted by Gasteiger charge is 2.14. The van der Waals surface area contributed by atoms with Crippen molar-refractivity contribution in [3.05, 3.63) is 56.5 Å². The third kappa shape index (κ3) is 3.83. The SMILES string of the molecule is COc1ccc(-c2csc(NC(=O)c3cccc(C)c3I)n2)cc1OC. The van der Waals surface area contributed by atoms with Crippen molar-refractivity contribution in [2.24, 2.45) is 0 Å². The van der Waals surface area contributed by atoms with Gasteiger partial charge in [-0.3, -0.25) is 10.1 Å². The summed E-state index contributed by atoms with van der Waals surface area (Å²) in [5.74, 6) is 1.14. The van der Waals surface area contributed by atoms with Crippen molar-refractivity contribution < 1.29 is 14.3 Å². The molecule has 0 unspecified atom stereocenters. The van der Waals surface area contributed by atoms with Crippen LogP contribution in [-0.2, 0) is 0 Å². The lowest BCUT2D eigenvalue weighted by molar-refractivity contribution is 0.102. The summed E-state index contributed by atoms with van der Waals surface area (Å²) in [5.41, 5.74) is 3.38. The molecule has 7 heteroatoms. The van der Waals surface area contributed by atoms with Crippen molar-refractivity contribution in [3.63, 3.8) is 0 Å².